The Bertz CT molecular complexity index is 399. The highest BCUT2D eigenvalue weighted by molar-refractivity contribution is 7.13. The predicted octanol–water partition coefficient (Wildman–Crippen LogP) is 2.35. The van der Waals surface area contributed by atoms with Crippen molar-refractivity contribution in [1.29, 1.82) is 0 Å². The Morgan fingerprint density at radius 3 is 2.89 bits per heavy atom. The molecule has 1 fully saturated rings. The third-order valence-electron chi connectivity index (χ3n) is 3.44. The summed E-state index contributed by atoms with van der Waals surface area (Å²) in [7, 11) is 0. The van der Waals surface area contributed by atoms with Gasteiger partial charge in [0.1, 0.15) is 4.88 Å². The molecule has 1 atom stereocenters. The molecule has 0 saturated carbocycles. The molecule has 0 radical (unpaired) electrons. The van der Waals surface area contributed by atoms with Crippen LogP contribution in [0.1, 0.15) is 34.3 Å². The van der Waals surface area contributed by atoms with Crippen molar-refractivity contribution < 1.29 is 14.6 Å². The molecular formula is C13H19NO3S. The van der Waals surface area contributed by atoms with Crippen LogP contribution >= 0.6 is 11.3 Å². The van der Waals surface area contributed by atoms with E-state index in [-0.39, 0.29) is 0 Å². The van der Waals surface area contributed by atoms with Crippen molar-refractivity contribution in [3.05, 3.63) is 21.9 Å². The summed E-state index contributed by atoms with van der Waals surface area (Å²) < 4.78 is 5.35. The van der Waals surface area contributed by atoms with Crippen LogP contribution in [0.2, 0.25) is 0 Å². The zero-order chi connectivity index (χ0) is 13.0. The number of aromatic carboxylic acids is 1. The minimum atomic E-state index is -0.844. The highest BCUT2D eigenvalue weighted by Crippen LogP contribution is 2.20. The number of carboxylic acid groups (broad SMARTS) is 1. The second-order valence-electron chi connectivity index (χ2n) is 4.69. The first-order valence-electron chi connectivity index (χ1n) is 6.30. The van der Waals surface area contributed by atoms with Crippen LogP contribution in [0, 0.1) is 5.92 Å². The molecule has 100 valence electrons. The predicted molar refractivity (Wildman–Crippen MR) is 71.1 cm³/mol. The quantitative estimate of drug-likeness (QED) is 0.861. The molecule has 2 rings (SSSR count). The Balaban J connectivity index is 1.80. The highest BCUT2D eigenvalue weighted by atomic mass is 32.1. The van der Waals surface area contributed by atoms with Crippen LogP contribution in [0.15, 0.2) is 12.1 Å². The fraction of sp³-hybridized carbons (Fsp3) is 0.615. The fourth-order valence-corrected chi connectivity index (χ4v) is 3.03. The topological polar surface area (TPSA) is 58.6 Å². The molecule has 0 aromatic carbocycles. The summed E-state index contributed by atoms with van der Waals surface area (Å²) in [6.07, 6.45) is 2.22. The van der Waals surface area contributed by atoms with E-state index in [0.29, 0.717) is 16.8 Å². The van der Waals surface area contributed by atoms with Crippen LogP contribution in [0.5, 0.6) is 0 Å². The zero-order valence-corrected chi connectivity index (χ0v) is 11.3. The summed E-state index contributed by atoms with van der Waals surface area (Å²) in [6.45, 7) is 4.66. The van der Waals surface area contributed by atoms with Crippen LogP contribution < -0.4 is 5.32 Å². The molecule has 5 heteroatoms. The Hall–Kier alpha value is -0.910. The summed E-state index contributed by atoms with van der Waals surface area (Å²) in [5.41, 5.74) is 0. The minimum Gasteiger partial charge on any atom is -0.477 e. The molecule has 1 saturated heterocycles. The number of thiophene rings is 1. The van der Waals surface area contributed by atoms with E-state index in [1.165, 1.54) is 11.3 Å². The van der Waals surface area contributed by atoms with Gasteiger partial charge in [0, 0.05) is 30.7 Å². The molecule has 0 amide bonds. The summed E-state index contributed by atoms with van der Waals surface area (Å²) in [6, 6.07) is 4.00. The molecule has 0 aliphatic carbocycles. The Morgan fingerprint density at radius 1 is 1.56 bits per heavy atom. The van der Waals surface area contributed by atoms with E-state index in [1.807, 2.05) is 6.07 Å². The zero-order valence-electron chi connectivity index (χ0n) is 10.5. The lowest BCUT2D eigenvalue weighted by Gasteiger charge is -2.28. The average molecular weight is 269 g/mol. The van der Waals surface area contributed by atoms with E-state index in [9.17, 15) is 4.79 Å². The fourth-order valence-electron chi connectivity index (χ4n) is 2.23. The summed E-state index contributed by atoms with van der Waals surface area (Å²) in [5.74, 6) is -0.179. The lowest BCUT2D eigenvalue weighted by molar-refractivity contribution is 0.0558. The molecule has 18 heavy (non-hydrogen) atoms. The van der Waals surface area contributed by atoms with Gasteiger partial charge in [0.05, 0.1) is 0 Å². The second-order valence-corrected chi connectivity index (χ2v) is 5.86. The first kappa shape index (κ1) is 13.5. The van der Waals surface area contributed by atoms with Crippen molar-refractivity contribution in [3.63, 3.8) is 0 Å². The van der Waals surface area contributed by atoms with Crippen molar-refractivity contribution in [2.24, 2.45) is 5.92 Å². The Kier molecular flexibility index (Phi) is 4.74. The lowest BCUT2D eigenvalue weighted by atomic mass is 9.93. The normalized spacial score (nSPS) is 18.7. The Morgan fingerprint density at radius 2 is 2.28 bits per heavy atom. The van der Waals surface area contributed by atoms with Gasteiger partial charge in [-0.05, 0) is 37.8 Å². The summed E-state index contributed by atoms with van der Waals surface area (Å²) in [4.78, 5) is 12.3. The van der Waals surface area contributed by atoms with Gasteiger partial charge in [-0.2, -0.15) is 0 Å². The van der Waals surface area contributed by atoms with E-state index in [4.69, 9.17) is 9.84 Å². The third kappa shape index (κ3) is 3.54. The van der Waals surface area contributed by atoms with Crippen molar-refractivity contribution in [2.45, 2.75) is 32.4 Å². The molecule has 4 nitrogen and oxygen atoms in total. The highest BCUT2D eigenvalue weighted by Gasteiger charge is 2.20. The van der Waals surface area contributed by atoms with E-state index in [0.717, 1.165) is 37.5 Å². The number of nitrogens with one attached hydrogen (secondary N) is 1. The molecule has 2 heterocycles. The van der Waals surface area contributed by atoms with Gasteiger partial charge < -0.3 is 15.2 Å². The van der Waals surface area contributed by atoms with Gasteiger partial charge in [-0.25, -0.2) is 4.79 Å². The molecule has 1 aromatic heterocycles. The molecule has 1 aliphatic rings. The first-order valence-corrected chi connectivity index (χ1v) is 7.11. The number of ether oxygens (including phenoxy) is 1. The lowest BCUT2D eigenvalue weighted by Crippen LogP contribution is -2.36. The van der Waals surface area contributed by atoms with Crippen molar-refractivity contribution in [2.75, 3.05) is 13.2 Å². The van der Waals surface area contributed by atoms with Crippen LogP contribution in [-0.4, -0.2) is 30.3 Å². The number of rotatable bonds is 5. The van der Waals surface area contributed by atoms with Gasteiger partial charge in [-0.15, -0.1) is 11.3 Å². The van der Waals surface area contributed by atoms with Gasteiger partial charge in [0.15, 0.2) is 0 Å². The van der Waals surface area contributed by atoms with Crippen LogP contribution in [0.3, 0.4) is 0 Å². The molecular weight excluding hydrogens is 250 g/mol. The largest absolute Gasteiger partial charge is 0.477 e. The minimum absolute atomic E-state index is 0.408. The number of hydrogen-bond donors (Lipinski definition) is 2. The van der Waals surface area contributed by atoms with Crippen molar-refractivity contribution in [1.82, 2.24) is 5.32 Å². The SMILES string of the molecule is CC(NCc1ccc(C(=O)O)s1)C1CCOCC1. The van der Waals surface area contributed by atoms with E-state index < -0.39 is 5.97 Å². The second kappa shape index (κ2) is 6.31. The molecule has 1 unspecified atom stereocenters. The molecule has 2 N–H and O–H groups in total. The molecule has 1 aromatic rings. The van der Waals surface area contributed by atoms with E-state index in [1.54, 1.807) is 6.07 Å². The standard InChI is InChI=1S/C13H19NO3S/c1-9(10-4-6-17-7-5-10)14-8-11-2-3-12(18-11)13(15)16/h2-3,9-10,14H,4-8H2,1H3,(H,15,16). The molecule has 0 spiro atoms. The van der Waals surface area contributed by atoms with Gasteiger partial charge in [-0.3, -0.25) is 0 Å². The number of carboxylic acids is 1. The summed E-state index contributed by atoms with van der Waals surface area (Å²) >= 11 is 1.34. The van der Waals surface area contributed by atoms with Crippen LogP contribution in [0.25, 0.3) is 0 Å². The van der Waals surface area contributed by atoms with Gasteiger partial charge >= 0.3 is 5.97 Å². The maximum Gasteiger partial charge on any atom is 0.345 e. The maximum atomic E-state index is 10.8. The molecule has 1 aliphatic heterocycles. The molecule has 0 bridgehead atoms. The number of hydrogen-bond acceptors (Lipinski definition) is 4. The summed E-state index contributed by atoms with van der Waals surface area (Å²) in [5, 5.41) is 12.3. The monoisotopic (exact) mass is 269 g/mol. The number of carbonyl (C=O) groups is 1. The van der Waals surface area contributed by atoms with Crippen LogP contribution in [0.4, 0.5) is 0 Å². The average Bonchev–Trinajstić information content (AvgIpc) is 2.86. The third-order valence-corrected chi connectivity index (χ3v) is 4.52. The maximum absolute atomic E-state index is 10.8. The van der Waals surface area contributed by atoms with Crippen molar-refractivity contribution in [3.8, 4) is 0 Å². The van der Waals surface area contributed by atoms with Crippen LogP contribution in [-0.2, 0) is 11.3 Å². The van der Waals surface area contributed by atoms with Crippen molar-refractivity contribution >= 4 is 17.3 Å². The van der Waals surface area contributed by atoms with Gasteiger partial charge in [-0.1, -0.05) is 0 Å². The van der Waals surface area contributed by atoms with E-state index in [2.05, 4.69) is 12.2 Å². The smallest absolute Gasteiger partial charge is 0.345 e. The Labute approximate surface area is 111 Å². The van der Waals surface area contributed by atoms with Gasteiger partial charge in [0.2, 0.25) is 0 Å². The first-order chi connectivity index (χ1) is 8.66. The van der Waals surface area contributed by atoms with E-state index >= 15 is 0 Å². The van der Waals surface area contributed by atoms with Gasteiger partial charge in [0.25, 0.3) is 0 Å².